The molecule has 5 aromatic rings. The minimum absolute atomic E-state index is 0.179. The summed E-state index contributed by atoms with van der Waals surface area (Å²) < 4.78 is 15.4. The van der Waals surface area contributed by atoms with Crippen LogP contribution in [0.4, 0.5) is 0 Å². The zero-order valence-electron chi connectivity index (χ0n) is 20.5. The van der Waals surface area contributed by atoms with Crippen molar-refractivity contribution in [2.45, 2.75) is 20.5 Å². The topological polar surface area (TPSA) is 68.8 Å². The van der Waals surface area contributed by atoms with Crippen LogP contribution in [0.25, 0.3) is 16.7 Å². The van der Waals surface area contributed by atoms with Crippen molar-refractivity contribution in [3.63, 3.8) is 0 Å². The van der Waals surface area contributed by atoms with Gasteiger partial charge in [-0.15, -0.1) is 0 Å². The van der Waals surface area contributed by atoms with Gasteiger partial charge in [-0.25, -0.2) is 5.43 Å². The number of nitrogens with zero attached hydrogens (tertiary/aromatic N) is 2. The first-order valence-electron chi connectivity index (χ1n) is 11.7. The maximum absolute atomic E-state index is 12.6. The Morgan fingerprint density at radius 2 is 1.84 bits per heavy atom. The van der Waals surface area contributed by atoms with Gasteiger partial charge in [0, 0.05) is 43.1 Å². The summed E-state index contributed by atoms with van der Waals surface area (Å²) in [7, 11) is 0. The molecule has 2 heterocycles. The van der Waals surface area contributed by atoms with Gasteiger partial charge in [-0.1, -0.05) is 45.7 Å². The molecule has 0 aliphatic rings. The van der Waals surface area contributed by atoms with Crippen molar-refractivity contribution in [2.24, 2.45) is 5.10 Å². The summed E-state index contributed by atoms with van der Waals surface area (Å²) >= 11 is 13.1. The van der Waals surface area contributed by atoms with E-state index in [0.29, 0.717) is 17.2 Å². The van der Waals surface area contributed by atoms with Gasteiger partial charge in [0.25, 0.3) is 0 Å². The first kappa shape index (κ1) is 26.3. The molecule has 0 spiro atoms. The highest BCUT2D eigenvalue weighted by Crippen LogP contribution is 2.31. The zero-order valence-corrected chi connectivity index (χ0v) is 24.4. The van der Waals surface area contributed by atoms with E-state index in [1.165, 1.54) is 0 Å². The van der Waals surface area contributed by atoms with Crippen LogP contribution < -0.4 is 10.2 Å². The molecule has 5 rings (SSSR count). The summed E-state index contributed by atoms with van der Waals surface area (Å²) in [5, 5.41) is 5.66. The quantitative estimate of drug-likeness (QED) is 0.142. The number of rotatable bonds is 7. The number of hydrazone groups is 1. The van der Waals surface area contributed by atoms with Gasteiger partial charge in [0.1, 0.15) is 17.9 Å². The molecule has 0 radical (unpaired) electrons. The Labute approximate surface area is 241 Å². The predicted molar refractivity (Wildman–Crippen MR) is 158 cm³/mol. The second-order valence-electron chi connectivity index (χ2n) is 8.65. The maximum atomic E-state index is 12.6. The monoisotopic (exact) mass is 653 g/mol. The van der Waals surface area contributed by atoms with Crippen LogP contribution in [0.2, 0.25) is 5.02 Å². The average Bonchev–Trinajstić information content (AvgIpc) is 3.44. The van der Waals surface area contributed by atoms with E-state index in [2.05, 4.69) is 47.0 Å². The first-order valence-corrected chi connectivity index (χ1v) is 13.6. The van der Waals surface area contributed by atoms with Gasteiger partial charge in [-0.2, -0.15) is 5.10 Å². The number of carbonyl (C=O) groups excluding carboxylic acids is 1. The molecule has 0 unspecified atom stereocenters. The molecule has 0 saturated heterocycles. The van der Waals surface area contributed by atoms with Crippen LogP contribution in [0.3, 0.4) is 0 Å². The van der Waals surface area contributed by atoms with Crippen LogP contribution in [0.5, 0.6) is 5.75 Å². The number of furan rings is 1. The number of halogens is 3. The van der Waals surface area contributed by atoms with E-state index in [9.17, 15) is 4.79 Å². The standard InChI is InChI=1S/C29H22Br2ClN3O3/c1-17-11-21(15-33-34-29(36)27-13-20-12-22(30)14-25(31)28(20)38-27)18(2)35(17)23-7-9-24(10-8-23)37-16-19-5-3-4-6-26(19)32/h3-15H,16H2,1-2H3,(H,34,36)/b33-15-. The van der Waals surface area contributed by atoms with Crippen molar-refractivity contribution in [1.29, 1.82) is 0 Å². The van der Waals surface area contributed by atoms with E-state index in [1.54, 1.807) is 12.3 Å². The highest BCUT2D eigenvalue weighted by atomic mass is 79.9. The van der Waals surface area contributed by atoms with E-state index < -0.39 is 5.91 Å². The lowest BCUT2D eigenvalue weighted by atomic mass is 10.2. The smallest absolute Gasteiger partial charge is 0.307 e. The number of benzene rings is 3. The van der Waals surface area contributed by atoms with Crippen molar-refractivity contribution >= 4 is 66.6 Å². The third kappa shape index (κ3) is 5.57. The second-order valence-corrected chi connectivity index (χ2v) is 10.8. The van der Waals surface area contributed by atoms with E-state index in [1.807, 2.05) is 80.6 Å². The van der Waals surface area contributed by atoms with Crippen LogP contribution >= 0.6 is 43.5 Å². The molecule has 6 nitrogen and oxygen atoms in total. The Kier molecular flexibility index (Phi) is 7.74. The van der Waals surface area contributed by atoms with Crippen molar-refractivity contribution in [3.05, 3.63) is 115 Å². The summed E-state index contributed by atoms with van der Waals surface area (Å²) in [6, 6.07) is 23.0. The van der Waals surface area contributed by atoms with Crippen LogP contribution in [0.15, 0.2) is 91.3 Å². The molecular formula is C29H22Br2ClN3O3. The molecule has 0 bridgehead atoms. The molecule has 0 aliphatic carbocycles. The molecule has 1 amide bonds. The number of hydrogen-bond acceptors (Lipinski definition) is 4. The zero-order chi connectivity index (χ0) is 26.8. The summed E-state index contributed by atoms with van der Waals surface area (Å²) in [5.41, 5.74) is 8.00. The van der Waals surface area contributed by atoms with E-state index >= 15 is 0 Å². The van der Waals surface area contributed by atoms with Crippen LogP contribution in [-0.4, -0.2) is 16.7 Å². The van der Waals surface area contributed by atoms with Crippen LogP contribution in [0.1, 0.15) is 33.1 Å². The Balaban J connectivity index is 1.26. The fourth-order valence-corrected chi connectivity index (χ4v) is 5.72. The Bertz CT molecular complexity index is 1670. The Morgan fingerprint density at radius 3 is 2.61 bits per heavy atom. The maximum Gasteiger partial charge on any atom is 0.307 e. The molecular weight excluding hydrogens is 634 g/mol. The molecule has 0 saturated carbocycles. The number of aryl methyl sites for hydroxylation is 1. The van der Waals surface area contributed by atoms with E-state index in [4.69, 9.17) is 20.8 Å². The van der Waals surface area contributed by atoms with Gasteiger partial charge in [-0.05, 0) is 84.4 Å². The number of carbonyl (C=O) groups is 1. The summed E-state index contributed by atoms with van der Waals surface area (Å²) in [4.78, 5) is 12.6. The van der Waals surface area contributed by atoms with Crippen molar-refractivity contribution in [2.75, 3.05) is 0 Å². The summed E-state index contributed by atoms with van der Waals surface area (Å²) in [6.45, 7) is 4.43. The highest BCUT2D eigenvalue weighted by Gasteiger charge is 2.15. The third-order valence-corrected chi connectivity index (χ3v) is 7.46. The molecule has 1 N–H and O–H groups in total. The summed E-state index contributed by atoms with van der Waals surface area (Å²) in [6.07, 6.45) is 1.63. The van der Waals surface area contributed by atoms with Crippen LogP contribution in [-0.2, 0) is 6.61 Å². The predicted octanol–water partition coefficient (Wildman–Crippen LogP) is 8.36. The van der Waals surface area contributed by atoms with E-state index in [-0.39, 0.29) is 5.76 Å². The van der Waals surface area contributed by atoms with Crippen molar-refractivity contribution < 1.29 is 13.9 Å². The SMILES string of the molecule is Cc1cc(/C=N\NC(=O)c2cc3cc(Br)cc(Br)c3o2)c(C)n1-c1ccc(OCc2ccccc2Cl)cc1. The van der Waals surface area contributed by atoms with Gasteiger partial charge in [-0.3, -0.25) is 4.79 Å². The van der Waals surface area contributed by atoms with Gasteiger partial charge in [0.15, 0.2) is 5.76 Å². The fraction of sp³-hybridized carbons (Fsp3) is 0.103. The van der Waals surface area contributed by atoms with Crippen LogP contribution in [0, 0.1) is 13.8 Å². The number of fused-ring (bicyclic) bond motifs is 1. The van der Waals surface area contributed by atoms with E-state index in [0.717, 1.165) is 48.3 Å². The Morgan fingerprint density at radius 1 is 1.08 bits per heavy atom. The Hall–Kier alpha value is -3.33. The molecule has 0 atom stereocenters. The van der Waals surface area contributed by atoms with Gasteiger partial charge < -0.3 is 13.7 Å². The summed E-state index contributed by atoms with van der Waals surface area (Å²) in [5.74, 6) is 0.505. The molecule has 192 valence electrons. The van der Waals surface area contributed by atoms with Crippen molar-refractivity contribution in [1.82, 2.24) is 9.99 Å². The lowest BCUT2D eigenvalue weighted by Crippen LogP contribution is -2.16. The molecule has 9 heteroatoms. The minimum Gasteiger partial charge on any atom is -0.489 e. The largest absolute Gasteiger partial charge is 0.489 e. The molecule has 3 aromatic carbocycles. The van der Waals surface area contributed by atoms with Crippen molar-refractivity contribution in [3.8, 4) is 11.4 Å². The normalized spacial score (nSPS) is 11.4. The molecule has 2 aromatic heterocycles. The second kappa shape index (κ2) is 11.2. The van der Waals surface area contributed by atoms with Gasteiger partial charge >= 0.3 is 5.91 Å². The number of amides is 1. The number of nitrogens with one attached hydrogen (secondary N) is 1. The molecule has 0 fully saturated rings. The third-order valence-electron chi connectivity index (χ3n) is 6.05. The fourth-order valence-electron chi connectivity index (χ4n) is 4.19. The number of ether oxygens (including phenoxy) is 1. The van der Waals surface area contributed by atoms with Gasteiger partial charge in [0.05, 0.1) is 10.7 Å². The minimum atomic E-state index is -0.429. The molecule has 0 aliphatic heterocycles. The number of aromatic nitrogens is 1. The number of hydrogen-bond donors (Lipinski definition) is 1. The average molecular weight is 656 g/mol. The molecule has 38 heavy (non-hydrogen) atoms. The highest BCUT2D eigenvalue weighted by molar-refractivity contribution is 9.11. The lowest BCUT2D eigenvalue weighted by Gasteiger charge is -2.12. The first-order chi connectivity index (χ1) is 18.3. The van der Waals surface area contributed by atoms with Gasteiger partial charge in [0.2, 0.25) is 0 Å². The lowest BCUT2D eigenvalue weighted by molar-refractivity contribution is 0.0929.